The number of aryl methyl sites for hydroxylation is 1. The van der Waals surface area contributed by atoms with E-state index in [9.17, 15) is 0 Å². The third-order valence-corrected chi connectivity index (χ3v) is 6.71. The van der Waals surface area contributed by atoms with Crippen molar-refractivity contribution < 1.29 is 0 Å². The molecule has 0 atom stereocenters. The summed E-state index contributed by atoms with van der Waals surface area (Å²) in [5, 5.41) is 7.67. The van der Waals surface area contributed by atoms with E-state index >= 15 is 0 Å². The summed E-state index contributed by atoms with van der Waals surface area (Å²) in [5.74, 6) is 1.07. The van der Waals surface area contributed by atoms with Crippen molar-refractivity contribution in [3.63, 3.8) is 0 Å². The van der Waals surface area contributed by atoms with Gasteiger partial charge in [0.15, 0.2) is 5.65 Å². The summed E-state index contributed by atoms with van der Waals surface area (Å²) >= 11 is 0. The quantitative estimate of drug-likeness (QED) is 0.265. The van der Waals surface area contributed by atoms with Crippen molar-refractivity contribution in [1.29, 1.82) is 0 Å². The molecule has 0 unspecified atom stereocenters. The van der Waals surface area contributed by atoms with Gasteiger partial charge in [0.25, 0.3) is 0 Å². The van der Waals surface area contributed by atoms with Crippen LogP contribution in [0.1, 0.15) is 77.0 Å². The van der Waals surface area contributed by atoms with Gasteiger partial charge in [-0.3, -0.25) is 4.98 Å². The summed E-state index contributed by atoms with van der Waals surface area (Å²) in [6.07, 6.45) is 26.5. The Kier molecular flexibility index (Phi) is 12.2. The fourth-order valence-corrected chi connectivity index (χ4v) is 4.63. The Morgan fingerprint density at radius 3 is 2.61 bits per heavy atom. The van der Waals surface area contributed by atoms with Crippen molar-refractivity contribution in [3.05, 3.63) is 72.4 Å². The monoisotopic (exact) mass is 514 g/mol. The molecule has 6 nitrogen and oxygen atoms in total. The number of nitrogens with one attached hydrogen (secondary N) is 1. The standard InChI is InChI=1S/C23H23N5.C7H17N.C2H6/c1-27-13-7-10-19-16-28-23(26-22(19)27)20(15-25-28)18-11-12-21(24-14-18)17-8-5-3-2-4-6-9-17;1-3-4-5-6-7-8-2;1-2/h2-3,6,8-9,11-12,14-16H,4-5,7,10,13H2,1H3;8H,3-7H2,1-2H3;1-2H3/b3-2-,9-6?,17-8+;;. The first kappa shape index (κ1) is 29.3. The van der Waals surface area contributed by atoms with E-state index in [2.05, 4.69) is 78.0 Å². The van der Waals surface area contributed by atoms with Gasteiger partial charge in [-0.1, -0.05) is 76.5 Å². The zero-order valence-electron chi connectivity index (χ0n) is 24.1. The summed E-state index contributed by atoms with van der Waals surface area (Å²) in [7, 11) is 4.12. The number of fused-ring (bicyclic) bond motifs is 2. The molecule has 1 N–H and O–H groups in total. The number of aromatic nitrogens is 4. The van der Waals surface area contributed by atoms with E-state index in [0.29, 0.717) is 0 Å². The van der Waals surface area contributed by atoms with Gasteiger partial charge < -0.3 is 10.2 Å². The van der Waals surface area contributed by atoms with Crippen molar-refractivity contribution in [2.75, 3.05) is 32.1 Å². The Morgan fingerprint density at radius 2 is 1.84 bits per heavy atom. The van der Waals surface area contributed by atoms with Gasteiger partial charge in [0, 0.05) is 42.7 Å². The smallest absolute Gasteiger partial charge is 0.165 e. The SMILES string of the molecule is CC.CCCCCCNC.CN1CCCc2cn3ncc(-c4ccc(/C5=C/C/C=C\CC=C5)nc4)c3nc21. The largest absolute Gasteiger partial charge is 0.359 e. The first-order valence-corrected chi connectivity index (χ1v) is 14.4. The minimum absolute atomic E-state index is 0.886. The van der Waals surface area contributed by atoms with Crippen LogP contribution in [-0.2, 0) is 6.42 Å². The van der Waals surface area contributed by atoms with Gasteiger partial charge in [-0.15, -0.1) is 0 Å². The molecule has 0 saturated carbocycles. The van der Waals surface area contributed by atoms with Crippen LogP contribution in [0.25, 0.3) is 22.3 Å². The zero-order chi connectivity index (χ0) is 27.2. The molecule has 0 spiro atoms. The Hall–Kier alpha value is -3.25. The highest BCUT2D eigenvalue weighted by molar-refractivity contribution is 5.79. The molecular formula is C32H46N6. The maximum atomic E-state index is 4.94. The summed E-state index contributed by atoms with van der Waals surface area (Å²) in [6, 6.07) is 4.21. The van der Waals surface area contributed by atoms with Gasteiger partial charge >= 0.3 is 0 Å². The van der Waals surface area contributed by atoms with Crippen LogP contribution in [0, 0.1) is 0 Å². The second-order valence-electron chi connectivity index (χ2n) is 9.54. The lowest BCUT2D eigenvalue weighted by Gasteiger charge is -2.26. The first-order valence-electron chi connectivity index (χ1n) is 14.4. The third-order valence-electron chi connectivity index (χ3n) is 6.71. The highest BCUT2D eigenvalue weighted by Crippen LogP contribution is 2.29. The fraction of sp³-hybridized carbons (Fsp3) is 0.469. The number of pyridine rings is 1. The van der Waals surface area contributed by atoms with Gasteiger partial charge in [-0.05, 0) is 57.3 Å². The van der Waals surface area contributed by atoms with Crippen molar-refractivity contribution in [3.8, 4) is 11.1 Å². The maximum Gasteiger partial charge on any atom is 0.165 e. The molecule has 204 valence electrons. The zero-order valence-corrected chi connectivity index (χ0v) is 24.1. The topological polar surface area (TPSA) is 58.4 Å². The van der Waals surface area contributed by atoms with Gasteiger partial charge in [0.05, 0.1) is 11.9 Å². The van der Waals surface area contributed by atoms with E-state index in [1.165, 1.54) is 43.4 Å². The second kappa shape index (κ2) is 15.9. The molecule has 3 aromatic rings. The van der Waals surface area contributed by atoms with Crippen molar-refractivity contribution in [2.24, 2.45) is 0 Å². The van der Waals surface area contributed by atoms with E-state index in [-0.39, 0.29) is 0 Å². The van der Waals surface area contributed by atoms with E-state index < -0.39 is 0 Å². The molecule has 5 rings (SSSR count). The van der Waals surface area contributed by atoms with Crippen molar-refractivity contribution in [1.82, 2.24) is 24.9 Å². The lowest BCUT2D eigenvalue weighted by atomic mass is 10.0. The van der Waals surface area contributed by atoms with Crippen LogP contribution in [-0.4, -0.2) is 46.8 Å². The lowest BCUT2D eigenvalue weighted by molar-refractivity contribution is 0.634. The molecule has 3 aromatic heterocycles. The minimum Gasteiger partial charge on any atom is -0.359 e. The van der Waals surface area contributed by atoms with E-state index in [1.54, 1.807) is 0 Å². The molecule has 6 heteroatoms. The molecule has 1 aliphatic carbocycles. The van der Waals surface area contributed by atoms with E-state index in [1.807, 2.05) is 37.8 Å². The molecule has 0 fully saturated rings. The van der Waals surface area contributed by atoms with Gasteiger partial charge in [-0.2, -0.15) is 5.10 Å². The van der Waals surface area contributed by atoms with Crippen LogP contribution in [0.4, 0.5) is 5.82 Å². The first-order chi connectivity index (χ1) is 18.7. The molecule has 1 aliphatic heterocycles. The number of hydrogen-bond donors (Lipinski definition) is 1. The fourth-order valence-electron chi connectivity index (χ4n) is 4.63. The predicted molar refractivity (Wildman–Crippen MR) is 163 cm³/mol. The number of nitrogens with zero attached hydrogens (tertiary/aromatic N) is 5. The Morgan fingerprint density at radius 1 is 1.00 bits per heavy atom. The molecular weight excluding hydrogens is 468 g/mol. The van der Waals surface area contributed by atoms with Gasteiger partial charge in [0.2, 0.25) is 0 Å². The highest BCUT2D eigenvalue weighted by atomic mass is 15.3. The number of allylic oxidation sites excluding steroid dienone is 6. The van der Waals surface area contributed by atoms with Crippen molar-refractivity contribution >= 4 is 17.0 Å². The molecule has 38 heavy (non-hydrogen) atoms. The molecule has 0 amide bonds. The Labute approximate surface area is 229 Å². The van der Waals surface area contributed by atoms with Crippen LogP contribution in [0.15, 0.2) is 61.1 Å². The minimum atomic E-state index is 0.886. The molecule has 4 heterocycles. The number of unbranched alkanes of at least 4 members (excludes halogenated alkanes) is 3. The molecule has 0 aromatic carbocycles. The van der Waals surface area contributed by atoms with Crippen LogP contribution < -0.4 is 10.2 Å². The van der Waals surface area contributed by atoms with Crippen molar-refractivity contribution in [2.45, 2.75) is 72.1 Å². The normalized spacial score (nSPS) is 16.7. The van der Waals surface area contributed by atoms with E-state index in [0.717, 1.165) is 60.5 Å². The van der Waals surface area contributed by atoms with Crippen LogP contribution in [0.2, 0.25) is 0 Å². The predicted octanol–water partition coefficient (Wildman–Crippen LogP) is 7.28. The van der Waals surface area contributed by atoms with Gasteiger partial charge in [0.1, 0.15) is 5.82 Å². The third kappa shape index (κ3) is 7.87. The Balaban J connectivity index is 0.000000346. The number of rotatable bonds is 7. The molecule has 0 saturated heterocycles. The summed E-state index contributed by atoms with van der Waals surface area (Å²) in [5.41, 5.74) is 6.38. The summed E-state index contributed by atoms with van der Waals surface area (Å²) < 4.78 is 1.90. The summed E-state index contributed by atoms with van der Waals surface area (Å²) in [4.78, 5) is 11.9. The van der Waals surface area contributed by atoms with Gasteiger partial charge in [-0.25, -0.2) is 9.50 Å². The molecule has 2 aliphatic rings. The summed E-state index contributed by atoms with van der Waals surface area (Å²) in [6.45, 7) is 8.47. The Bertz CT molecular complexity index is 1200. The molecule has 0 radical (unpaired) electrons. The molecule has 0 bridgehead atoms. The van der Waals surface area contributed by atoms with Crippen LogP contribution in [0.5, 0.6) is 0 Å². The number of hydrogen-bond acceptors (Lipinski definition) is 5. The lowest BCUT2D eigenvalue weighted by Crippen LogP contribution is -2.26. The van der Waals surface area contributed by atoms with E-state index in [4.69, 9.17) is 9.97 Å². The highest BCUT2D eigenvalue weighted by Gasteiger charge is 2.19. The average molecular weight is 515 g/mol. The average Bonchev–Trinajstić information content (AvgIpc) is 3.35. The maximum absolute atomic E-state index is 4.94. The van der Waals surface area contributed by atoms with Crippen LogP contribution >= 0.6 is 0 Å². The number of anilines is 1. The second-order valence-corrected chi connectivity index (χ2v) is 9.54. The van der Waals surface area contributed by atoms with Crippen LogP contribution in [0.3, 0.4) is 0 Å².